The molecule has 166 valence electrons. The van der Waals surface area contributed by atoms with Gasteiger partial charge in [0.2, 0.25) is 0 Å². The lowest BCUT2D eigenvalue weighted by Crippen LogP contribution is -2.26. The van der Waals surface area contributed by atoms with E-state index in [4.69, 9.17) is 4.74 Å². The maximum absolute atomic E-state index is 11.5. The number of benzene rings is 1. The third-order valence-corrected chi connectivity index (χ3v) is 5.01. The summed E-state index contributed by atoms with van der Waals surface area (Å²) in [4.78, 5) is 39.6. The Morgan fingerprint density at radius 3 is 2.67 bits per heavy atom. The maximum atomic E-state index is 11.5. The summed E-state index contributed by atoms with van der Waals surface area (Å²) < 4.78 is 5.05. The first-order chi connectivity index (χ1) is 15.9. The van der Waals surface area contributed by atoms with Gasteiger partial charge < -0.3 is 15.0 Å². The van der Waals surface area contributed by atoms with Crippen LogP contribution in [0.2, 0.25) is 0 Å². The number of amides is 4. The number of aromatic nitrogens is 3. The van der Waals surface area contributed by atoms with Gasteiger partial charge in [-0.3, -0.25) is 25.0 Å². The van der Waals surface area contributed by atoms with Gasteiger partial charge in [-0.2, -0.15) is 5.10 Å². The average molecular weight is 444 g/mol. The van der Waals surface area contributed by atoms with Crippen molar-refractivity contribution in [2.75, 3.05) is 14.2 Å². The Morgan fingerprint density at radius 1 is 1.12 bits per heavy atom. The van der Waals surface area contributed by atoms with Crippen molar-refractivity contribution < 1.29 is 19.1 Å². The number of carbonyl (C=O) groups is 3. The van der Waals surface area contributed by atoms with Crippen LogP contribution in [0.5, 0.6) is 5.75 Å². The normalized spacial score (nSPS) is 16.1. The second-order valence-corrected chi connectivity index (χ2v) is 7.30. The van der Waals surface area contributed by atoms with Gasteiger partial charge in [-0.05, 0) is 23.8 Å². The lowest BCUT2D eigenvalue weighted by molar-refractivity contribution is -0.119. The average Bonchev–Trinajstić information content (AvgIpc) is 3.53. The lowest BCUT2D eigenvalue weighted by atomic mass is 10.1. The fourth-order valence-electron chi connectivity index (χ4n) is 3.30. The van der Waals surface area contributed by atoms with Gasteiger partial charge in [0.05, 0.1) is 13.3 Å². The molecule has 1 unspecified atom stereocenters. The minimum absolute atomic E-state index is 0.0777. The molecule has 0 spiro atoms. The second-order valence-electron chi connectivity index (χ2n) is 7.30. The number of imide groups is 1. The molecular formula is C23H20N6O4. The zero-order valence-corrected chi connectivity index (χ0v) is 17.9. The molecule has 3 N–H and O–H groups in total. The van der Waals surface area contributed by atoms with Crippen LogP contribution in [0.4, 0.5) is 4.79 Å². The molecular weight excluding hydrogens is 424 g/mol. The summed E-state index contributed by atoms with van der Waals surface area (Å²) in [6.07, 6.45) is 6.71. The van der Waals surface area contributed by atoms with Gasteiger partial charge in [0.25, 0.3) is 11.8 Å². The van der Waals surface area contributed by atoms with Crippen molar-refractivity contribution in [3.05, 3.63) is 65.7 Å². The van der Waals surface area contributed by atoms with Crippen molar-refractivity contribution in [2.24, 2.45) is 0 Å². The van der Waals surface area contributed by atoms with Crippen LogP contribution in [0.15, 0.2) is 49.1 Å². The summed E-state index contributed by atoms with van der Waals surface area (Å²) in [6.45, 7) is 0.707. The molecule has 1 aromatic carbocycles. The van der Waals surface area contributed by atoms with Crippen molar-refractivity contribution in [1.82, 2.24) is 30.7 Å². The van der Waals surface area contributed by atoms with Gasteiger partial charge in [0, 0.05) is 54.4 Å². The number of nitrogens with zero attached hydrogens (tertiary/aromatic N) is 3. The van der Waals surface area contributed by atoms with Crippen molar-refractivity contribution in [1.29, 1.82) is 0 Å². The summed E-state index contributed by atoms with van der Waals surface area (Å²) >= 11 is 0. The summed E-state index contributed by atoms with van der Waals surface area (Å²) in [6, 6.07) is 6.10. The number of hydrogen-bond donors (Lipinski definition) is 3. The summed E-state index contributed by atoms with van der Waals surface area (Å²) in [5.41, 5.74) is 4.26. The molecule has 2 aliphatic rings. The molecule has 10 nitrogen and oxygen atoms in total. The number of urea groups is 1. The van der Waals surface area contributed by atoms with E-state index in [9.17, 15) is 14.4 Å². The van der Waals surface area contributed by atoms with E-state index in [2.05, 4.69) is 37.7 Å². The number of fused-ring (bicyclic) bond motifs is 1. The molecule has 0 bridgehead atoms. The molecule has 1 saturated heterocycles. The largest absolute Gasteiger partial charge is 0.497 e. The highest BCUT2D eigenvalue weighted by Crippen LogP contribution is 2.25. The van der Waals surface area contributed by atoms with Crippen LogP contribution in [0.1, 0.15) is 21.5 Å². The molecule has 0 radical (unpaired) electrons. The first kappa shape index (κ1) is 21.6. The van der Waals surface area contributed by atoms with Gasteiger partial charge >= 0.3 is 6.03 Å². The molecule has 1 atom stereocenters. The number of H-pyrrole nitrogens is 1. The third kappa shape index (κ3) is 4.83. The van der Waals surface area contributed by atoms with Crippen LogP contribution in [0, 0.1) is 11.8 Å². The zero-order valence-electron chi connectivity index (χ0n) is 17.9. The van der Waals surface area contributed by atoms with Crippen molar-refractivity contribution in [3.63, 3.8) is 0 Å². The molecule has 4 amide bonds. The van der Waals surface area contributed by atoms with Crippen molar-refractivity contribution in [3.8, 4) is 28.7 Å². The number of rotatable bonds is 2. The molecule has 2 aromatic heterocycles. The highest BCUT2D eigenvalue weighted by atomic mass is 16.5. The number of pyridine rings is 1. The number of ether oxygens (including phenoxy) is 1. The first-order valence-electron chi connectivity index (χ1n) is 9.94. The third-order valence-electron chi connectivity index (χ3n) is 5.01. The van der Waals surface area contributed by atoms with E-state index in [1.54, 1.807) is 49.9 Å². The molecule has 10 heteroatoms. The second kappa shape index (κ2) is 9.23. The van der Waals surface area contributed by atoms with Crippen LogP contribution in [0.3, 0.4) is 0 Å². The molecule has 0 saturated carbocycles. The Bertz CT molecular complexity index is 1280. The fourth-order valence-corrected chi connectivity index (χ4v) is 3.30. The standard InChI is InChI=1S/C13H9N5O2.C10H11NO2/c19-12-11(17-13(20)18-12)2-1-8-3-9(5-14-4-8)10-6-15-16-7-10;1-11-6-7-3-4-8(13-2)5-9(7)10(11)12/h3-7,11H,(H,15,16)(H2,17,18,19,20);3-5H,6H2,1-2H3. The number of nitrogens with one attached hydrogen (secondary N) is 3. The van der Waals surface area contributed by atoms with E-state index >= 15 is 0 Å². The molecule has 4 heterocycles. The zero-order chi connectivity index (χ0) is 23.4. The quantitative estimate of drug-likeness (QED) is 0.404. The highest BCUT2D eigenvalue weighted by molar-refractivity contribution is 6.05. The molecule has 0 aliphatic carbocycles. The summed E-state index contributed by atoms with van der Waals surface area (Å²) in [7, 11) is 3.40. The van der Waals surface area contributed by atoms with E-state index in [1.807, 2.05) is 18.2 Å². The van der Waals surface area contributed by atoms with E-state index in [-0.39, 0.29) is 5.91 Å². The first-order valence-corrected chi connectivity index (χ1v) is 9.94. The predicted molar refractivity (Wildman–Crippen MR) is 118 cm³/mol. The smallest absolute Gasteiger partial charge is 0.322 e. The fraction of sp³-hybridized carbons (Fsp3) is 0.174. The van der Waals surface area contributed by atoms with Crippen molar-refractivity contribution in [2.45, 2.75) is 12.6 Å². The lowest BCUT2D eigenvalue weighted by Gasteiger charge is -2.04. The Labute approximate surface area is 189 Å². The maximum Gasteiger partial charge on any atom is 0.322 e. The predicted octanol–water partition coefficient (Wildman–Crippen LogP) is 1.31. The number of methoxy groups -OCH3 is 1. The van der Waals surface area contributed by atoms with Gasteiger partial charge in [-0.15, -0.1) is 0 Å². The Hall–Kier alpha value is -4.65. The SMILES string of the molecule is COc1ccc2c(c1)C(=O)N(C)C2.O=C1NC(=O)C(C#Cc2cncc(-c3cn[nH]c3)c2)N1. The number of aromatic amines is 1. The Morgan fingerprint density at radius 2 is 1.97 bits per heavy atom. The molecule has 2 aliphatic heterocycles. The van der Waals surface area contributed by atoms with Crippen LogP contribution in [-0.4, -0.2) is 58.1 Å². The van der Waals surface area contributed by atoms with Gasteiger partial charge in [0.1, 0.15) is 5.75 Å². The van der Waals surface area contributed by atoms with Crippen LogP contribution in [0.25, 0.3) is 11.1 Å². The topological polar surface area (TPSA) is 129 Å². The molecule has 1 fully saturated rings. The Balaban J connectivity index is 0.000000172. The van der Waals surface area contributed by atoms with E-state index < -0.39 is 18.0 Å². The molecule has 3 aromatic rings. The monoisotopic (exact) mass is 444 g/mol. The summed E-state index contributed by atoms with van der Waals surface area (Å²) in [5, 5.41) is 11.1. The minimum atomic E-state index is -0.819. The van der Waals surface area contributed by atoms with Gasteiger partial charge in [-0.1, -0.05) is 17.9 Å². The van der Waals surface area contributed by atoms with E-state index in [0.29, 0.717) is 12.1 Å². The molecule has 5 rings (SSSR count). The number of carbonyl (C=O) groups excluding carboxylic acids is 3. The van der Waals surface area contributed by atoms with Crippen LogP contribution in [-0.2, 0) is 11.3 Å². The van der Waals surface area contributed by atoms with E-state index in [1.165, 1.54) is 0 Å². The molecule has 33 heavy (non-hydrogen) atoms. The Kier molecular flexibility index (Phi) is 6.04. The van der Waals surface area contributed by atoms with Gasteiger partial charge in [-0.25, -0.2) is 4.79 Å². The highest BCUT2D eigenvalue weighted by Gasteiger charge is 2.27. The van der Waals surface area contributed by atoms with Crippen molar-refractivity contribution >= 4 is 17.8 Å². The number of hydrogen-bond acceptors (Lipinski definition) is 6. The summed E-state index contributed by atoms with van der Waals surface area (Å²) in [5.74, 6) is 5.89. The van der Waals surface area contributed by atoms with E-state index in [0.717, 1.165) is 28.0 Å². The minimum Gasteiger partial charge on any atom is -0.497 e. The van der Waals surface area contributed by atoms with Gasteiger partial charge in [0.15, 0.2) is 6.04 Å². The van der Waals surface area contributed by atoms with Crippen LogP contribution < -0.4 is 15.4 Å². The van der Waals surface area contributed by atoms with Crippen LogP contribution >= 0.6 is 0 Å².